The van der Waals surface area contributed by atoms with Crippen LogP contribution in [0.15, 0.2) is 0 Å². The van der Waals surface area contributed by atoms with E-state index < -0.39 is 12.0 Å². The quantitative estimate of drug-likeness (QED) is 0.730. The zero-order valence-electron chi connectivity index (χ0n) is 11.9. The first-order valence-corrected chi connectivity index (χ1v) is 6.83. The molecule has 1 rings (SSSR count). The first-order valence-electron chi connectivity index (χ1n) is 6.83. The first-order chi connectivity index (χ1) is 9.47. The number of aliphatic carboxylic acids is 1. The van der Waals surface area contributed by atoms with Gasteiger partial charge >= 0.3 is 18.0 Å². The molecule has 0 radical (unpaired) electrons. The number of carboxylic acids is 1. The maximum atomic E-state index is 12.1. The summed E-state index contributed by atoms with van der Waals surface area (Å²) in [5.41, 5.74) is 0. The maximum absolute atomic E-state index is 12.1. The lowest BCUT2D eigenvalue weighted by Crippen LogP contribution is -2.50. The Bertz CT molecular complexity index is 372. The summed E-state index contributed by atoms with van der Waals surface area (Å²) in [6, 6.07) is -0.704. The van der Waals surface area contributed by atoms with Gasteiger partial charge in [0.15, 0.2) is 0 Å². The molecule has 7 nitrogen and oxygen atoms in total. The molecule has 0 bridgehead atoms. The lowest BCUT2D eigenvalue weighted by atomic mass is 9.98. The van der Waals surface area contributed by atoms with Crippen LogP contribution in [-0.4, -0.2) is 54.2 Å². The third kappa shape index (κ3) is 4.71. The van der Waals surface area contributed by atoms with E-state index >= 15 is 0 Å². The molecule has 2 unspecified atom stereocenters. The summed E-state index contributed by atoms with van der Waals surface area (Å²) in [6.07, 6.45) is 1.90. The van der Waals surface area contributed by atoms with Crippen molar-refractivity contribution in [3.8, 4) is 0 Å². The molecule has 114 valence electrons. The summed E-state index contributed by atoms with van der Waals surface area (Å²) < 4.78 is 4.70. The SMILES string of the molecule is CCC(CC(=O)O)NC(=O)N1CCCC(C(=O)OC)C1. The second-order valence-corrected chi connectivity index (χ2v) is 4.96. The maximum Gasteiger partial charge on any atom is 0.317 e. The van der Waals surface area contributed by atoms with Crippen LogP contribution in [0.5, 0.6) is 0 Å². The fourth-order valence-corrected chi connectivity index (χ4v) is 2.29. The van der Waals surface area contributed by atoms with Crippen LogP contribution in [0.25, 0.3) is 0 Å². The normalized spacial score (nSPS) is 20.1. The van der Waals surface area contributed by atoms with Gasteiger partial charge in [-0.25, -0.2) is 4.79 Å². The fourth-order valence-electron chi connectivity index (χ4n) is 2.29. The molecule has 0 aromatic carbocycles. The lowest BCUT2D eigenvalue weighted by molar-refractivity contribution is -0.146. The molecule has 2 amide bonds. The van der Waals surface area contributed by atoms with Gasteiger partial charge in [0.2, 0.25) is 0 Å². The molecule has 0 spiro atoms. The highest BCUT2D eigenvalue weighted by molar-refractivity contribution is 5.78. The Balaban J connectivity index is 2.53. The van der Waals surface area contributed by atoms with Gasteiger partial charge in [0, 0.05) is 19.1 Å². The van der Waals surface area contributed by atoms with Gasteiger partial charge in [0.25, 0.3) is 0 Å². The number of likely N-dealkylation sites (tertiary alicyclic amines) is 1. The summed E-state index contributed by atoms with van der Waals surface area (Å²) in [5.74, 6) is -1.54. The number of ether oxygens (including phenoxy) is 1. The Hall–Kier alpha value is -1.79. The highest BCUT2D eigenvalue weighted by atomic mass is 16.5. The van der Waals surface area contributed by atoms with E-state index in [1.54, 1.807) is 4.90 Å². The molecule has 0 aromatic heterocycles. The van der Waals surface area contributed by atoms with E-state index in [1.165, 1.54) is 7.11 Å². The van der Waals surface area contributed by atoms with Gasteiger partial charge < -0.3 is 20.1 Å². The summed E-state index contributed by atoms with van der Waals surface area (Å²) >= 11 is 0. The van der Waals surface area contributed by atoms with Crippen molar-refractivity contribution in [3.05, 3.63) is 0 Å². The van der Waals surface area contributed by atoms with Crippen molar-refractivity contribution in [1.82, 2.24) is 10.2 Å². The van der Waals surface area contributed by atoms with Crippen LogP contribution >= 0.6 is 0 Å². The van der Waals surface area contributed by atoms with Crippen molar-refractivity contribution in [2.24, 2.45) is 5.92 Å². The van der Waals surface area contributed by atoms with Crippen molar-refractivity contribution in [2.75, 3.05) is 20.2 Å². The van der Waals surface area contributed by atoms with E-state index in [-0.39, 0.29) is 24.3 Å². The van der Waals surface area contributed by atoms with E-state index in [1.807, 2.05) is 6.92 Å². The van der Waals surface area contributed by atoms with Crippen LogP contribution in [0.1, 0.15) is 32.6 Å². The highest BCUT2D eigenvalue weighted by Crippen LogP contribution is 2.18. The predicted octanol–water partition coefficient (Wildman–Crippen LogP) is 0.834. The molecule has 0 aromatic rings. The second-order valence-electron chi connectivity index (χ2n) is 4.96. The molecule has 1 saturated heterocycles. The van der Waals surface area contributed by atoms with Crippen LogP contribution in [0.2, 0.25) is 0 Å². The van der Waals surface area contributed by atoms with E-state index in [2.05, 4.69) is 5.32 Å². The lowest BCUT2D eigenvalue weighted by Gasteiger charge is -2.32. The average Bonchev–Trinajstić information content (AvgIpc) is 2.45. The van der Waals surface area contributed by atoms with Crippen LogP contribution < -0.4 is 5.32 Å². The van der Waals surface area contributed by atoms with E-state index in [0.29, 0.717) is 25.9 Å². The zero-order valence-corrected chi connectivity index (χ0v) is 11.9. The summed E-state index contributed by atoms with van der Waals surface area (Å²) in [4.78, 5) is 35.8. The molecule has 1 heterocycles. The van der Waals surface area contributed by atoms with Crippen LogP contribution in [0.4, 0.5) is 4.79 Å². The Kier molecular flexibility index (Phi) is 6.27. The van der Waals surface area contributed by atoms with Crippen molar-refractivity contribution in [1.29, 1.82) is 0 Å². The molecule has 1 fully saturated rings. The van der Waals surface area contributed by atoms with Gasteiger partial charge in [-0.3, -0.25) is 9.59 Å². The molecule has 1 aliphatic heterocycles. The number of rotatable bonds is 5. The molecule has 0 saturated carbocycles. The highest BCUT2D eigenvalue weighted by Gasteiger charge is 2.29. The Morgan fingerprint density at radius 3 is 2.70 bits per heavy atom. The monoisotopic (exact) mass is 286 g/mol. The first kappa shape index (κ1) is 16.3. The van der Waals surface area contributed by atoms with Gasteiger partial charge in [0.1, 0.15) is 0 Å². The summed E-state index contributed by atoms with van der Waals surface area (Å²) in [5, 5.41) is 11.5. The van der Waals surface area contributed by atoms with Gasteiger partial charge in [0.05, 0.1) is 19.4 Å². The predicted molar refractivity (Wildman–Crippen MR) is 71.2 cm³/mol. The molecular formula is C13H22N2O5. The van der Waals surface area contributed by atoms with Crippen molar-refractivity contribution >= 4 is 18.0 Å². The molecule has 0 aliphatic carbocycles. The Morgan fingerprint density at radius 1 is 1.45 bits per heavy atom. The number of nitrogens with one attached hydrogen (secondary N) is 1. The number of piperidine rings is 1. The van der Waals surface area contributed by atoms with Gasteiger partial charge in [-0.2, -0.15) is 0 Å². The van der Waals surface area contributed by atoms with Gasteiger partial charge in [-0.05, 0) is 19.3 Å². The number of esters is 1. The Morgan fingerprint density at radius 2 is 2.15 bits per heavy atom. The van der Waals surface area contributed by atoms with Gasteiger partial charge in [-0.15, -0.1) is 0 Å². The number of amides is 2. The van der Waals surface area contributed by atoms with Crippen molar-refractivity contribution in [2.45, 2.75) is 38.6 Å². The fraction of sp³-hybridized carbons (Fsp3) is 0.769. The minimum absolute atomic E-state index is 0.101. The summed E-state index contributed by atoms with van der Waals surface area (Å²) in [7, 11) is 1.33. The third-order valence-corrected chi connectivity index (χ3v) is 3.48. The van der Waals surface area contributed by atoms with E-state index in [4.69, 9.17) is 9.84 Å². The van der Waals surface area contributed by atoms with Crippen molar-refractivity contribution < 1.29 is 24.2 Å². The number of carbonyl (C=O) groups is 3. The number of hydrogen-bond acceptors (Lipinski definition) is 4. The molecular weight excluding hydrogens is 264 g/mol. The zero-order chi connectivity index (χ0) is 15.1. The number of urea groups is 1. The van der Waals surface area contributed by atoms with Crippen LogP contribution in [0, 0.1) is 5.92 Å². The number of carbonyl (C=O) groups excluding carboxylic acids is 2. The average molecular weight is 286 g/mol. The number of methoxy groups -OCH3 is 1. The van der Waals surface area contributed by atoms with Crippen molar-refractivity contribution in [3.63, 3.8) is 0 Å². The topological polar surface area (TPSA) is 95.9 Å². The minimum atomic E-state index is -0.941. The molecule has 7 heteroatoms. The smallest absolute Gasteiger partial charge is 0.317 e. The van der Waals surface area contributed by atoms with E-state index in [9.17, 15) is 14.4 Å². The van der Waals surface area contributed by atoms with E-state index in [0.717, 1.165) is 6.42 Å². The molecule has 20 heavy (non-hydrogen) atoms. The number of hydrogen-bond donors (Lipinski definition) is 2. The summed E-state index contributed by atoms with van der Waals surface area (Å²) in [6.45, 7) is 2.71. The number of nitrogens with zero attached hydrogens (tertiary/aromatic N) is 1. The molecule has 1 aliphatic rings. The molecule has 2 atom stereocenters. The standard InChI is InChI=1S/C13H22N2O5/c1-3-10(7-11(16)17)14-13(19)15-6-4-5-9(8-15)12(18)20-2/h9-10H,3-8H2,1-2H3,(H,14,19)(H,16,17). The third-order valence-electron chi connectivity index (χ3n) is 3.48. The minimum Gasteiger partial charge on any atom is -0.481 e. The van der Waals surface area contributed by atoms with Gasteiger partial charge in [-0.1, -0.05) is 6.92 Å². The second kappa shape index (κ2) is 7.72. The number of carboxylic acid groups (broad SMARTS) is 1. The largest absolute Gasteiger partial charge is 0.481 e. The molecule has 2 N–H and O–H groups in total. The van der Waals surface area contributed by atoms with Crippen LogP contribution in [-0.2, 0) is 14.3 Å². The van der Waals surface area contributed by atoms with Crippen LogP contribution in [0.3, 0.4) is 0 Å². The Labute approximate surface area is 118 Å².